The number of carbonyl (C=O) groups is 1. The molecule has 5 rings (SSSR count). The van der Waals surface area contributed by atoms with E-state index in [2.05, 4.69) is 15.3 Å². The minimum Gasteiger partial charge on any atom is -0.444 e. The molecule has 0 aliphatic carbocycles. The van der Waals surface area contributed by atoms with E-state index in [1.807, 2.05) is 68.5 Å². The maximum atomic E-state index is 13.0. The van der Waals surface area contributed by atoms with Crippen molar-refractivity contribution in [3.05, 3.63) is 53.1 Å². The lowest BCUT2D eigenvalue weighted by molar-refractivity contribution is 0.00951. The van der Waals surface area contributed by atoms with Crippen LogP contribution in [0.5, 0.6) is 0 Å². The quantitative estimate of drug-likeness (QED) is 0.356. The molecule has 0 radical (unpaired) electrons. The van der Waals surface area contributed by atoms with E-state index in [9.17, 15) is 13.2 Å². The maximum absolute atomic E-state index is 13.0. The molecule has 4 heterocycles. The Morgan fingerprint density at radius 1 is 1.14 bits per heavy atom. The van der Waals surface area contributed by atoms with Gasteiger partial charge in [-0.05, 0) is 82.6 Å². The predicted molar refractivity (Wildman–Crippen MR) is 171 cm³/mol. The smallest absolute Gasteiger partial charge is 0.410 e. The molecule has 0 bridgehead atoms. The van der Waals surface area contributed by atoms with Gasteiger partial charge in [0.25, 0.3) is 0 Å². The first-order valence-electron chi connectivity index (χ1n) is 15.1. The van der Waals surface area contributed by atoms with E-state index in [0.29, 0.717) is 48.4 Å². The number of carbonyl (C=O) groups excluding carboxylic acids is 1. The molecule has 2 saturated heterocycles. The fourth-order valence-corrected chi connectivity index (χ4v) is 7.12. The van der Waals surface area contributed by atoms with Crippen LogP contribution in [-0.2, 0) is 14.8 Å². The first-order valence-corrected chi connectivity index (χ1v) is 17.3. The number of nitrogens with one attached hydrogen (secondary N) is 1. The Balaban J connectivity index is 1.32. The number of aryl methyl sites for hydroxylation is 1. The Hall–Kier alpha value is -3.22. The zero-order chi connectivity index (χ0) is 31.8. The van der Waals surface area contributed by atoms with Crippen molar-refractivity contribution in [2.45, 2.75) is 78.0 Å². The molecule has 44 heavy (non-hydrogen) atoms. The standard InChI is InChI=1S/C31H42ClN7O4S/c1-20-16-33-29(35-24-12-14-38(17-21(24)2)44(6,41)42)36-28(20)25-18-37(19-34-25)27-11-10-22(15-23(27)32)26-9-7-8-13-39(26)30(40)43-31(3,4)5/h10-11,15-16,18-19,21,24,26H,7-9,12-14,17H2,1-6H3,(H,33,35,36)/t21-,24?,26?/m1/s1. The number of ether oxygens (including phenoxy) is 1. The summed E-state index contributed by atoms with van der Waals surface area (Å²) in [6.45, 7) is 11.2. The SMILES string of the molecule is Cc1cnc(NC2CCN(S(C)(=O)=O)C[C@H]2C)nc1-c1cn(-c2ccc(C3CCCCN3C(=O)OC(C)(C)C)cc2Cl)cn1. The van der Waals surface area contributed by atoms with Gasteiger partial charge in [0.15, 0.2) is 0 Å². The van der Waals surface area contributed by atoms with Crippen molar-refractivity contribution in [3.8, 4) is 17.1 Å². The summed E-state index contributed by atoms with van der Waals surface area (Å²) in [5, 5.41) is 3.97. The molecular weight excluding hydrogens is 602 g/mol. The Kier molecular flexibility index (Phi) is 9.25. The minimum absolute atomic E-state index is 0.0499. The molecule has 2 unspecified atom stereocenters. The summed E-state index contributed by atoms with van der Waals surface area (Å²) >= 11 is 6.83. The third-order valence-corrected chi connectivity index (χ3v) is 9.79. The lowest BCUT2D eigenvalue weighted by Crippen LogP contribution is -2.47. The van der Waals surface area contributed by atoms with Crippen LogP contribution < -0.4 is 5.32 Å². The van der Waals surface area contributed by atoms with Crippen LogP contribution in [0.3, 0.4) is 0 Å². The van der Waals surface area contributed by atoms with Crippen LogP contribution in [0.2, 0.25) is 5.02 Å². The summed E-state index contributed by atoms with van der Waals surface area (Å²) < 4.78 is 33.0. The third-order valence-electron chi connectivity index (χ3n) is 8.21. The van der Waals surface area contributed by atoms with Gasteiger partial charge in [-0.15, -0.1) is 0 Å². The second-order valence-electron chi connectivity index (χ2n) is 12.9. The fourth-order valence-electron chi connectivity index (χ4n) is 5.89. The first-order chi connectivity index (χ1) is 20.7. The number of aromatic nitrogens is 4. The zero-order valence-electron chi connectivity index (χ0n) is 26.2. The molecule has 2 aromatic heterocycles. The Morgan fingerprint density at radius 2 is 1.91 bits per heavy atom. The van der Waals surface area contributed by atoms with Gasteiger partial charge in [0.05, 0.1) is 28.7 Å². The number of piperidine rings is 2. The van der Waals surface area contributed by atoms with Gasteiger partial charge in [-0.1, -0.05) is 24.6 Å². The fraction of sp³-hybridized carbons (Fsp3) is 0.548. The van der Waals surface area contributed by atoms with Crippen molar-refractivity contribution in [2.75, 3.05) is 31.2 Å². The van der Waals surface area contributed by atoms with Gasteiger partial charge in [-0.2, -0.15) is 0 Å². The molecule has 1 N–H and O–H groups in total. The number of likely N-dealkylation sites (tertiary alicyclic amines) is 1. The van der Waals surface area contributed by atoms with Gasteiger partial charge in [0.2, 0.25) is 16.0 Å². The van der Waals surface area contributed by atoms with Gasteiger partial charge in [0, 0.05) is 38.1 Å². The van der Waals surface area contributed by atoms with Crippen LogP contribution >= 0.6 is 11.6 Å². The number of imidazole rings is 1. The summed E-state index contributed by atoms with van der Waals surface area (Å²) in [5.41, 5.74) is 3.44. The molecule has 2 aliphatic heterocycles. The van der Waals surface area contributed by atoms with E-state index in [1.165, 1.54) is 10.6 Å². The molecule has 13 heteroatoms. The summed E-state index contributed by atoms with van der Waals surface area (Å²) in [6, 6.07) is 5.85. The molecule has 2 aliphatic rings. The summed E-state index contributed by atoms with van der Waals surface area (Å²) in [6.07, 6.45) is 9.81. The average molecular weight is 644 g/mol. The summed E-state index contributed by atoms with van der Waals surface area (Å²) in [5.74, 6) is 0.579. The highest BCUT2D eigenvalue weighted by atomic mass is 35.5. The van der Waals surface area contributed by atoms with Crippen molar-refractivity contribution in [1.29, 1.82) is 0 Å². The first kappa shape index (κ1) is 32.2. The number of benzene rings is 1. The van der Waals surface area contributed by atoms with E-state index < -0.39 is 15.6 Å². The van der Waals surface area contributed by atoms with E-state index in [4.69, 9.17) is 21.3 Å². The highest BCUT2D eigenvalue weighted by Gasteiger charge is 2.33. The summed E-state index contributed by atoms with van der Waals surface area (Å²) in [7, 11) is -3.21. The van der Waals surface area contributed by atoms with Crippen molar-refractivity contribution in [3.63, 3.8) is 0 Å². The van der Waals surface area contributed by atoms with Gasteiger partial charge >= 0.3 is 6.09 Å². The number of hydrogen-bond donors (Lipinski definition) is 1. The third kappa shape index (κ3) is 7.35. The molecule has 3 atom stereocenters. The maximum Gasteiger partial charge on any atom is 0.410 e. The molecule has 1 amide bonds. The van der Waals surface area contributed by atoms with Gasteiger partial charge in [0.1, 0.15) is 17.6 Å². The molecule has 3 aromatic rings. The van der Waals surface area contributed by atoms with E-state index in [0.717, 1.165) is 36.1 Å². The van der Waals surface area contributed by atoms with E-state index >= 15 is 0 Å². The number of sulfonamides is 1. The van der Waals surface area contributed by atoms with Crippen molar-refractivity contribution in [2.24, 2.45) is 5.92 Å². The Labute approximate surface area is 265 Å². The predicted octanol–water partition coefficient (Wildman–Crippen LogP) is 5.84. The van der Waals surface area contributed by atoms with Crippen LogP contribution in [0.15, 0.2) is 36.9 Å². The Morgan fingerprint density at radius 3 is 2.59 bits per heavy atom. The van der Waals surface area contributed by atoms with Crippen molar-refractivity contribution in [1.82, 2.24) is 28.7 Å². The lowest BCUT2D eigenvalue weighted by Gasteiger charge is -2.37. The minimum atomic E-state index is -3.21. The molecule has 11 nitrogen and oxygen atoms in total. The number of halogens is 1. The molecule has 0 saturated carbocycles. The van der Waals surface area contributed by atoms with E-state index in [-0.39, 0.29) is 24.1 Å². The van der Waals surface area contributed by atoms with Gasteiger partial charge in [-0.3, -0.25) is 0 Å². The average Bonchev–Trinajstić information content (AvgIpc) is 3.43. The number of nitrogens with zero attached hydrogens (tertiary/aromatic N) is 6. The van der Waals surface area contributed by atoms with Crippen LogP contribution in [0.4, 0.5) is 10.7 Å². The monoisotopic (exact) mass is 643 g/mol. The normalized spacial score (nSPS) is 21.7. The van der Waals surface area contributed by atoms with Crippen LogP contribution in [0.1, 0.15) is 70.5 Å². The Bertz CT molecular complexity index is 1620. The van der Waals surface area contributed by atoms with Crippen LogP contribution in [0.25, 0.3) is 17.1 Å². The second kappa shape index (κ2) is 12.6. The topological polar surface area (TPSA) is 123 Å². The van der Waals surface area contributed by atoms with Gasteiger partial charge < -0.3 is 19.5 Å². The van der Waals surface area contributed by atoms with Crippen molar-refractivity contribution < 1.29 is 17.9 Å². The van der Waals surface area contributed by atoms with Crippen molar-refractivity contribution >= 4 is 33.7 Å². The van der Waals surface area contributed by atoms with Crippen LogP contribution in [-0.4, -0.2) is 80.8 Å². The van der Waals surface area contributed by atoms with E-state index in [1.54, 1.807) is 12.5 Å². The number of anilines is 1. The zero-order valence-corrected chi connectivity index (χ0v) is 27.8. The largest absolute Gasteiger partial charge is 0.444 e. The number of hydrogen-bond acceptors (Lipinski definition) is 8. The number of amides is 1. The highest BCUT2D eigenvalue weighted by molar-refractivity contribution is 7.88. The van der Waals surface area contributed by atoms with Crippen LogP contribution in [0, 0.1) is 12.8 Å². The summed E-state index contributed by atoms with van der Waals surface area (Å²) in [4.78, 5) is 28.7. The molecule has 1 aromatic carbocycles. The second-order valence-corrected chi connectivity index (χ2v) is 15.3. The lowest BCUT2D eigenvalue weighted by atomic mass is 9.95. The molecule has 2 fully saturated rings. The highest BCUT2D eigenvalue weighted by Crippen LogP contribution is 2.35. The van der Waals surface area contributed by atoms with Gasteiger partial charge in [-0.25, -0.2) is 32.5 Å². The molecule has 238 valence electrons. The number of rotatable bonds is 6. The molecule has 0 spiro atoms. The molecular formula is C31H42ClN7O4S.